The molecule has 0 aliphatic carbocycles. The van der Waals surface area contributed by atoms with Gasteiger partial charge in [0.25, 0.3) is 0 Å². The van der Waals surface area contributed by atoms with E-state index in [-0.39, 0.29) is 11.3 Å². The lowest BCUT2D eigenvalue weighted by Gasteiger charge is -2.18. The summed E-state index contributed by atoms with van der Waals surface area (Å²) < 4.78 is 16.0. The van der Waals surface area contributed by atoms with E-state index in [0.29, 0.717) is 22.6 Å². The molecule has 0 fully saturated rings. The van der Waals surface area contributed by atoms with E-state index in [1.807, 2.05) is 12.1 Å². The first kappa shape index (κ1) is 19.2. The minimum Gasteiger partial charge on any atom is -0.493 e. The Kier molecular flexibility index (Phi) is 6.07. The molecule has 0 spiro atoms. The number of benzene rings is 3. The Morgan fingerprint density at radius 3 is 1.93 bits per heavy atom. The molecule has 0 aliphatic heterocycles. The molecule has 0 N–H and O–H groups in total. The molecule has 142 valence electrons. The maximum atomic E-state index is 13.0. The number of ether oxygens (including phenoxy) is 3. The van der Waals surface area contributed by atoms with Crippen LogP contribution in [0.4, 0.5) is 0 Å². The Morgan fingerprint density at radius 1 is 0.714 bits per heavy atom. The molecule has 0 saturated heterocycles. The molecule has 0 bridgehead atoms. The first-order valence-electron chi connectivity index (χ1n) is 8.71. The molecule has 3 aromatic carbocycles. The van der Waals surface area contributed by atoms with Crippen LogP contribution < -0.4 is 9.47 Å². The number of carbonyl (C=O) groups excluding carboxylic acids is 2. The van der Waals surface area contributed by atoms with Gasteiger partial charge in [-0.2, -0.15) is 0 Å². The van der Waals surface area contributed by atoms with Crippen molar-refractivity contribution in [3.63, 3.8) is 0 Å². The number of Topliss-reactive ketones (excluding diaryl/α,β-unsaturated/α-hetero) is 1. The minimum atomic E-state index is -1.05. The second-order valence-electron chi connectivity index (χ2n) is 6.00. The Bertz CT molecular complexity index is 951. The van der Waals surface area contributed by atoms with Crippen LogP contribution in [0.3, 0.4) is 0 Å². The van der Waals surface area contributed by atoms with E-state index < -0.39 is 12.1 Å². The van der Waals surface area contributed by atoms with E-state index in [4.69, 9.17) is 14.2 Å². The van der Waals surface area contributed by atoms with Crippen molar-refractivity contribution in [2.24, 2.45) is 0 Å². The Balaban J connectivity index is 1.91. The maximum absolute atomic E-state index is 13.0. The smallest absolute Gasteiger partial charge is 0.339 e. The second kappa shape index (κ2) is 8.86. The summed E-state index contributed by atoms with van der Waals surface area (Å²) >= 11 is 0. The molecular formula is C23H20O5. The van der Waals surface area contributed by atoms with Crippen LogP contribution >= 0.6 is 0 Å². The van der Waals surface area contributed by atoms with E-state index in [9.17, 15) is 9.59 Å². The van der Waals surface area contributed by atoms with Gasteiger partial charge < -0.3 is 14.2 Å². The average molecular weight is 376 g/mol. The predicted molar refractivity (Wildman–Crippen MR) is 105 cm³/mol. The first-order valence-corrected chi connectivity index (χ1v) is 8.71. The van der Waals surface area contributed by atoms with Gasteiger partial charge in [-0.1, -0.05) is 60.7 Å². The molecule has 1 unspecified atom stereocenters. The second-order valence-corrected chi connectivity index (χ2v) is 6.00. The van der Waals surface area contributed by atoms with Crippen molar-refractivity contribution < 1.29 is 23.8 Å². The third-order valence-electron chi connectivity index (χ3n) is 4.24. The molecule has 0 saturated carbocycles. The fourth-order valence-corrected chi connectivity index (χ4v) is 2.79. The SMILES string of the molecule is COc1ccc(C(=O)OC(C(=O)c2ccccc2)c2ccccc2)cc1OC. The van der Waals surface area contributed by atoms with Gasteiger partial charge in [-0.15, -0.1) is 0 Å². The Labute approximate surface area is 163 Å². The Morgan fingerprint density at radius 2 is 1.32 bits per heavy atom. The van der Waals surface area contributed by atoms with Crippen molar-refractivity contribution in [2.75, 3.05) is 14.2 Å². The highest BCUT2D eigenvalue weighted by molar-refractivity contribution is 6.02. The fourth-order valence-electron chi connectivity index (χ4n) is 2.79. The molecule has 3 rings (SSSR count). The van der Waals surface area contributed by atoms with E-state index in [2.05, 4.69) is 0 Å². The number of hydrogen-bond donors (Lipinski definition) is 0. The molecule has 0 amide bonds. The summed E-state index contributed by atoms with van der Waals surface area (Å²) in [6, 6.07) is 22.4. The molecule has 0 aromatic heterocycles. The fraction of sp³-hybridized carbons (Fsp3) is 0.130. The predicted octanol–water partition coefficient (Wildman–Crippen LogP) is 4.48. The topological polar surface area (TPSA) is 61.8 Å². The van der Waals surface area contributed by atoms with Gasteiger partial charge in [-0.05, 0) is 18.2 Å². The number of carbonyl (C=O) groups is 2. The summed E-state index contributed by atoms with van der Waals surface area (Å²) in [5.74, 6) is -0.0127. The van der Waals surface area contributed by atoms with Gasteiger partial charge in [0.05, 0.1) is 19.8 Å². The van der Waals surface area contributed by atoms with Crippen molar-refractivity contribution in [3.8, 4) is 11.5 Å². The van der Waals surface area contributed by atoms with Crippen LogP contribution in [0.2, 0.25) is 0 Å². The van der Waals surface area contributed by atoms with Crippen molar-refractivity contribution in [2.45, 2.75) is 6.10 Å². The summed E-state index contributed by atoms with van der Waals surface area (Å²) in [7, 11) is 3.00. The van der Waals surface area contributed by atoms with Crippen LogP contribution in [0, 0.1) is 0 Å². The zero-order chi connectivity index (χ0) is 19.9. The highest BCUT2D eigenvalue weighted by Crippen LogP contribution is 2.29. The van der Waals surface area contributed by atoms with Crippen molar-refractivity contribution in [1.82, 2.24) is 0 Å². The minimum absolute atomic E-state index is 0.263. The third-order valence-corrected chi connectivity index (χ3v) is 4.24. The summed E-state index contributed by atoms with van der Waals surface area (Å²) in [4.78, 5) is 25.8. The quantitative estimate of drug-likeness (QED) is 0.449. The summed E-state index contributed by atoms with van der Waals surface area (Å²) in [6.07, 6.45) is -1.05. The number of hydrogen-bond acceptors (Lipinski definition) is 5. The highest BCUT2D eigenvalue weighted by Gasteiger charge is 2.27. The molecule has 5 nitrogen and oxygen atoms in total. The summed E-state index contributed by atoms with van der Waals surface area (Å²) in [5, 5.41) is 0. The van der Waals surface area contributed by atoms with Crippen molar-refractivity contribution in [3.05, 3.63) is 95.6 Å². The molecule has 1 atom stereocenters. The molecular weight excluding hydrogens is 356 g/mol. The zero-order valence-corrected chi connectivity index (χ0v) is 15.6. The molecule has 0 heterocycles. The van der Waals surface area contributed by atoms with E-state index in [1.165, 1.54) is 20.3 Å². The highest BCUT2D eigenvalue weighted by atomic mass is 16.5. The standard InChI is InChI=1S/C23H20O5/c1-26-19-14-13-18(15-20(19)27-2)23(25)28-22(17-11-7-4-8-12-17)21(24)16-9-5-3-6-10-16/h3-15,22H,1-2H3. The molecule has 0 radical (unpaired) electrons. The zero-order valence-electron chi connectivity index (χ0n) is 15.6. The number of rotatable bonds is 7. The third kappa shape index (κ3) is 4.20. The van der Waals surface area contributed by atoms with Gasteiger partial charge in [-0.25, -0.2) is 4.79 Å². The lowest BCUT2D eigenvalue weighted by molar-refractivity contribution is 0.0279. The van der Waals surface area contributed by atoms with Gasteiger partial charge in [0, 0.05) is 11.1 Å². The van der Waals surface area contributed by atoms with Crippen molar-refractivity contribution >= 4 is 11.8 Å². The van der Waals surface area contributed by atoms with Gasteiger partial charge in [0.1, 0.15) is 0 Å². The van der Waals surface area contributed by atoms with Crippen LogP contribution in [-0.4, -0.2) is 26.0 Å². The maximum Gasteiger partial charge on any atom is 0.339 e. The monoisotopic (exact) mass is 376 g/mol. The van der Waals surface area contributed by atoms with Gasteiger partial charge in [0.15, 0.2) is 17.6 Å². The van der Waals surface area contributed by atoms with Gasteiger partial charge in [-0.3, -0.25) is 4.79 Å². The number of ketones is 1. The average Bonchev–Trinajstić information content (AvgIpc) is 2.77. The van der Waals surface area contributed by atoms with Crippen molar-refractivity contribution in [1.29, 1.82) is 0 Å². The van der Waals surface area contributed by atoms with E-state index in [0.717, 1.165) is 0 Å². The van der Waals surface area contributed by atoms with Crippen LogP contribution in [0.15, 0.2) is 78.9 Å². The van der Waals surface area contributed by atoms with Crippen LogP contribution in [0.5, 0.6) is 11.5 Å². The molecule has 5 heteroatoms. The van der Waals surface area contributed by atoms with E-state index in [1.54, 1.807) is 60.7 Å². The molecule has 0 aliphatic rings. The largest absolute Gasteiger partial charge is 0.493 e. The first-order chi connectivity index (χ1) is 13.6. The Hall–Kier alpha value is -3.60. The summed E-state index contributed by atoms with van der Waals surface area (Å²) in [5.41, 5.74) is 1.33. The lowest BCUT2D eigenvalue weighted by Crippen LogP contribution is -2.20. The van der Waals surface area contributed by atoms with Gasteiger partial charge in [0.2, 0.25) is 5.78 Å². The molecule has 28 heavy (non-hydrogen) atoms. The van der Waals surface area contributed by atoms with Crippen LogP contribution in [0.25, 0.3) is 0 Å². The van der Waals surface area contributed by atoms with Crippen LogP contribution in [0.1, 0.15) is 32.4 Å². The van der Waals surface area contributed by atoms with Crippen LogP contribution in [-0.2, 0) is 4.74 Å². The number of methoxy groups -OCH3 is 2. The normalized spacial score (nSPS) is 11.4. The lowest BCUT2D eigenvalue weighted by atomic mass is 9.99. The number of esters is 1. The van der Waals surface area contributed by atoms with Gasteiger partial charge >= 0.3 is 5.97 Å². The molecule has 3 aromatic rings. The summed E-state index contributed by atoms with van der Waals surface area (Å²) in [6.45, 7) is 0. The van der Waals surface area contributed by atoms with E-state index >= 15 is 0 Å².